The van der Waals surface area contributed by atoms with Crippen LogP contribution < -0.4 is 5.43 Å². The lowest BCUT2D eigenvalue weighted by atomic mass is 9.94. The van der Waals surface area contributed by atoms with E-state index in [1.165, 1.54) is 40.5 Å². The van der Waals surface area contributed by atoms with Crippen LogP contribution in [0.15, 0.2) is 92.7 Å². The van der Waals surface area contributed by atoms with Gasteiger partial charge in [-0.2, -0.15) is 9.41 Å². The van der Waals surface area contributed by atoms with E-state index in [2.05, 4.69) is 15.5 Å². The number of piperidine rings is 1. The Morgan fingerprint density at radius 3 is 2.58 bits per heavy atom. The molecule has 4 aromatic rings. The second-order valence-corrected chi connectivity index (χ2v) is 13.1. The molecule has 1 aliphatic rings. The number of nitrogens with zero attached hydrogens (tertiary/aromatic N) is 5. The summed E-state index contributed by atoms with van der Waals surface area (Å²) in [6, 6.07) is 17.3. The topological polar surface area (TPSA) is 161 Å². The van der Waals surface area contributed by atoms with E-state index in [1.807, 2.05) is 44.2 Å². The third-order valence-electron chi connectivity index (χ3n) is 7.47. The van der Waals surface area contributed by atoms with E-state index in [4.69, 9.17) is 0 Å². The van der Waals surface area contributed by atoms with E-state index in [0.717, 1.165) is 28.3 Å². The Morgan fingerprint density at radius 2 is 1.81 bits per heavy atom. The second kappa shape index (κ2) is 12.5. The molecule has 1 aromatic heterocycles. The molecule has 5 rings (SSSR count). The summed E-state index contributed by atoms with van der Waals surface area (Å²) < 4.78 is 28.8. The zero-order chi connectivity index (χ0) is 30.7. The largest absolute Gasteiger partial charge is 0.283 e. The SMILES string of the molecule is C[C@@H]1[C@@H](C)CCCN1S(=O)(=O)c1cc([N+](=O)[O-])ccc1N/N=C\c1ccc(Sc2cccc3cccnc23)c([N+](=O)[O-])c1. The van der Waals surface area contributed by atoms with E-state index in [1.54, 1.807) is 18.3 Å². The highest BCUT2D eigenvalue weighted by Gasteiger charge is 2.36. The van der Waals surface area contributed by atoms with Gasteiger partial charge < -0.3 is 0 Å². The number of nitro benzene ring substituents is 2. The molecular weight excluding hydrogens is 592 g/mol. The third kappa shape index (κ3) is 6.35. The smallest absolute Gasteiger partial charge is 0.277 e. The Kier molecular flexibility index (Phi) is 8.71. The summed E-state index contributed by atoms with van der Waals surface area (Å²) >= 11 is 1.23. The van der Waals surface area contributed by atoms with Crippen LogP contribution in [0.5, 0.6) is 0 Å². The van der Waals surface area contributed by atoms with Gasteiger partial charge in [-0.1, -0.05) is 43.0 Å². The van der Waals surface area contributed by atoms with Crippen LogP contribution in [0.2, 0.25) is 0 Å². The molecule has 14 heteroatoms. The van der Waals surface area contributed by atoms with E-state index >= 15 is 0 Å². The van der Waals surface area contributed by atoms with Gasteiger partial charge in [0.1, 0.15) is 4.90 Å². The molecule has 1 fully saturated rings. The highest BCUT2D eigenvalue weighted by molar-refractivity contribution is 7.99. The van der Waals surface area contributed by atoms with E-state index < -0.39 is 19.9 Å². The number of nitrogens with one attached hydrogen (secondary N) is 1. The second-order valence-electron chi connectivity index (χ2n) is 10.2. The number of pyridine rings is 1. The minimum absolute atomic E-state index is 0.0532. The normalized spacial score (nSPS) is 17.7. The molecule has 12 nitrogen and oxygen atoms in total. The van der Waals surface area contributed by atoms with Crippen molar-refractivity contribution < 1.29 is 18.3 Å². The van der Waals surface area contributed by atoms with E-state index in [-0.39, 0.29) is 33.9 Å². The first-order chi connectivity index (χ1) is 20.6. The number of hydrazone groups is 1. The summed E-state index contributed by atoms with van der Waals surface area (Å²) in [6.45, 7) is 4.11. The van der Waals surface area contributed by atoms with Crippen molar-refractivity contribution in [3.8, 4) is 0 Å². The van der Waals surface area contributed by atoms with Crippen LogP contribution in [-0.4, -0.2) is 46.4 Å². The van der Waals surface area contributed by atoms with Crippen molar-refractivity contribution in [2.24, 2.45) is 11.0 Å². The maximum atomic E-state index is 13.7. The number of rotatable bonds is 9. The summed E-state index contributed by atoms with van der Waals surface area (Å²) in [5, 5.41) is 28.5. The first-order valence-electron chi connectivity index (χ1n) is 13.5. The van der Waals surface area contributed by atoms with Gasteiger partial charge in [0.2, 0.25) is 10.0 Å². The third-order valence-corrected chi connectivity index (χ3v) is 10.6. The standard InChI is InChI=1S/C29H28N6O6S2/c1-19-6-5-15-33(20(19)2)43(40,41)28-17-23(34(36)37)11-12-24(28)32-31-18-21-10-13-26(25(16-21)35(38)39)42-27-9-3-7-22-8-4-14-30-29(22)27/h3-4,7-14,16-20,32H,5-6,15H2,1-2H3/b31-18-/t19-,20+/m0/s1. The Labute approximate surface area is 252 Å². The van der Waals surface area contributed by atoms with Gasteiger partial charge in [-0.15, -0.1) is 0 Å². The fraction of sp³-hybridized carbons (Fsp3) is 0.241. The fourth-order valence-electron chi connectivity index (χ4n) is 4.99. The molecule has 2 heterocycles. The number of non-ortho nitro benzene ring substituents is 1. The fourth-order valence-corrected chi connectivity index (χ4v) is 7.94. The molecule has 0 amide bonds. The highest BCUT2D eigenvalue weighted by atomic mass is 32.2. The summed E-state index contributed by atoms with van der Waals surface area (Å²) in [4.78, 5) is 27.6. The van der Waals surface area contributed by atoms with Crippen molar-refractivity contribution in [3.63, 3.8) is 0 Å². The van der Waals surface area contributed by atoms with Crippen LogP contribution in [0.4, 0.5) is 17.1 Å². The van der Waals surface area contributed by atoms with Crippen LogP contribution in [-0.2, 0) is 10.0 Å². The number of fused-ring (bicyclic) bond motifs is 1. The van der Waals surface area contributed by atoms with Gasteiger partial charge in [0, 0.05) is 52.8 Å². The maximum absolute atomic E-state index is 13.7. The minimum Gasteiger partial charge on any atom is -0.277 e. The maximum Gasteiger partial charge on any atom is 0.283 e. The molecule has 0 aliphatic carbocycles. The van der Waals surface area contributed by atoms with Gasteiger partial charge in [-0.05, 0) is 49.9 Å². The molecule has 2 atom stereocenters. The first-order valence-corrected chi connectivity index (χ1v) is 15.7. The Balaban J connectivity index is 1.42. The lowest BCUT2D eigenvalue weighted by Gasteiger charge is -2.37. The van der Waals surface area contributed by atoms with Gasteiger partial charge in [0.25, 0.3) is 11.4 Å². The minimum atomic E-state index is -4.10. The quantitative estimate of drug-likeness (QED) is 0.126. The Bertz CT molecular complexity index is 1840. The molecule has 1 N–H and O–H groups in total. The molecule has 0 bridgehead atoms. The Morgan fingerprint density at radius 1 is 1.02 bits per heavy atom. The highest BCUT2D eigenvalue weighted by Crippen LogP contribution is 2.38. The van der Waals surface area contributed by atoms with Crippen LogP contribution >= 0.6 is 11.8 Å². The number of para-hydroxylation sites is 1. The summed E-state index contributed by atoms with van der Waals surface area (Å²) in [7, 11) is -4.10. The predicted octanol–water partition coefficient (Wildman–Crippen LogP) is 6.46. The molecule has 3 aromatic carbocycles. The van der Waals surface area contributed by atoms with Crippen LogP contribution in [0.1, 0.15) is 32.3 Å². The Hall–Kier alpha value is -4.40. The van der Waals surface area contributed by atoms with Crippen LogP contribution in [0, 0.1) is 26.1 Å². The lowest BCUT2D eigenvalue weighted by Crippen LogP contribution is -2.46. The summed E-state index contributed by atoms with van der Waals surface area (Å²) in [5.41, 5.74) is 3.37. The molecule has 0 unspecified atom stereocenters. The number of nitro groups is 2. The number of hydrogen-bond acceptors (Lipinski definition) is 10. The average molecular weight is 621 g/mol. The molecule has 1 aliphatic heterocycles. The van der Waals surface area contributed by atoms with Gasteiger partial charge in [0.15, 0.2) is 0 Å². The molecule has 0 spiro atoms. The van der Waals surface area contributed by atoms with Crippen LogP contribution in [0.25, 0.3) is 10.9 Å². The molecule has 43 heavy (non-hydrogen) atoms. The number of sulfonamides is 1. The zero-order valence-corrected chi connectivity index (χ0v) is 24.9. The average Bonchev–Trinajstić information content (AvgIpc) is 2.99. The lowest BCUT2D eigenvalue weighted by molar-refractivity contribution is -0.387. The molecule has 0 saturated carbocycles. The first kappa shape index (κ1) is 30.1. The van der Waals surface area contributed by atoms with Gasteiger partial charge in [-0.25, -0.2) is 8.42 Å². The molecular formula is C29H28N6O6S2. The van der Waals surface area contributed by atoms with Crippen LogP contribution in [0.3, 0.4) is 0 Å². The number of anilines is 1. The van der Waals surface area contributed by atoms with Crippen molar-refractivity contribution in [2.45, 2.75) is 47.4 Å². The van der Waals surface area contributed by atoms with Gasteiger partial charge >= 0.3 is 0 Å². The molecule has 1 saturated heterocycles. The van der Waals surface area contributed by atoms with E-state index in [9.17, 15) is 28.6 Å². The number of benzene rings is 3. The predicted molar refractivity (Wildman–Crippen MR) is 165 cm³/mol. The number of hydrogen-bond donors (Lipinski definition) is 1. The van der Waals surface area contributed by atoms with Crippen molar-refractivity contribution in [3.05, 3.63) is 98.7 Å². The molecule has 222 valence electrons. The number of aromatic nitrogens is 1. The summed E-state index contributed by atoms with van der Waals surface area (Å²) in [5.74, 6) is 0.130. The summed E-state index contributed by atoms with van der Waals surface area (Å²) in [6.07, 6.45) is 4.57. The van der Waals surface area contributed by atoms with Gasteiger partial charge in [-0.3, -0.25) is 30.6 Å². The van der Waals surface area contributed by atoms with Crippen molar-refractivity contribution in [1.29, 1.82) is 0 Å². The monoisotopic (exact) mass is 620 g/mol. The molecule has 0 radical (unpaired) electrons. The van der Waals surface area contributed by atoms with Crippen molar-refractivity contribution in [2.75, 3.05) is 12.0 Å². The van der Waals surface area contributed by atoms with Gasteiger partial charge in [0.05, 0.1) is 32.2 Å². The van der Waals surface area contributed by atoms with Crippen molar-refractivity contribution >= 4 is 56.0 Å². The zero-order valence-electron chi connectivity index (χ0n) is 23.3. The van der Waals surface area contributed by atoms with Crippen molar-refractivity contribution in [1.82, 2.24) is 9.29 Å². The van der Waals surface area contributed by atoms with E-state index in [0.29, 0.717) is 23.4 Å².